The second kappa shape index (κ2) is 7.00. The van der Waals surface area contributed by atoms with E-state index in [1.165, 1.54) is 0 Å². The molecule has 134 valence electrons. The summed E-state index contributed by atoms with van der Waals surface area (Å²) < 4.78 is 0. The molecule has 2 N–H and O–H groups in total. The number of carbonyl (C=O) groups is 3. The monoisotopic (exact) mass is 351 g/mol. The van der Waals surface area contributed by atoms with Crippen LogP contribution in [-0.4, -0.2) is 29.3 Å². The highest BCUT2D eigenvalue weighted by atomic mass is 16.2. The zero-order valence-corrected chi connectivity index (χ0v) is 14.8. The van der Waals surface area contributed by atoms with E-state index in [0.29, 0.717) is 12.1 Å². The summed E-state index contributed by atoms with van der Waals surface area (Å²) in [6, 6.07) is 16.3. The third kappa shape index (κ3) is 3.44. The van der Waals surface area contributed by atoms with Crippen LogP contribution in [0, 0.1) is 6.92 Å². The van der Waals surface area contributed by atoms with Gasteiger partial charge >= 0.3 is 6.03 Å². The van der Waals surface area contributed by atoms with Gasteiger partial charge in [0, 0.05) is 6.54 Å². The fraction of sp³-hybridized carbons (Fsp3) is 0.250. The fourth-order valence-corrected chi connectivity index (χ4v) is 2.92. The lowest BCUT2D eigenvalue weighted by Crippen LogP contribution is -2.43. The Kier molecular flexibility index (Phi) is 4.75. The molecule has 1 aliphatic heterocycles. The minimum Gasteiger partial charge on any atom is -0.350 e. The van der Waals surface area contributed by atoms with Gasteiger partial charge in [-0.15, -0.1) is 0 Å². The van der Waals surface area contributed by atoms with Gasteiger partial charge in [-0.1, -0.05) is 60.2 Å². The van der Waals surface area contributed by atoms with Crippen LogP contribution in [0.5, 0.6) is 0 Å². The van der Waals surface area contributed by atoms with Gasteiger partial charge in [-0.3, -0.25) is 14.5 Å². The van der Waals surface area contributed by atoms with Crippen molar-refractivity contribution < 1.29 is 14.4 Å². The quantitative estimate of drug-likeness (QED) is 0.810. The highest BCUT2D eigenvalue weighted by Crippen LogP contribution is 2.28. The largest absolute Gasteiger partial charge is 0.350 e. The predicted molar refractivity (Wildman–Crippen MR) is 97.1 cm³/mol. The number of nitrogens with zero attached hydrogens (tertiary/aromatic N) is 1. The van der Waals surface area contributed by atoms with Crippen LogP contribution in [-0.2, 0) is 21.7 Å². The molecule has 0 saturated carbocycles. The zero-order chi connectivity index (χ0) is 18.7. The van der Waals surface area contributed by atoms with Crippen molar-refractivity contribution in [3.8, 4) is 0 Å². The van der Waals surface area contributed by atoms with Gasteiger partial charge in [0.15, 0.2) is 0 Å². The Morgan fingerprint density at radius 3 is 2.38 bits per heavy atom. The van der Waals surface area contributed by atoms with Gasteiger partial charge in [-0.25, -0.2) is 4.79 Å². The lowest BCUT2D eigenvalue weighted by molar-refractivity contribution is -0.134. The first-order valence-electron chi connectivity index (χ1n) is 8.42. The molecule has 6 nitrogen and oxygen atoms in total. The Hall–Kier alpha value is -3.15. The molecule has 6 heteroatoms. The van der Waals surface area contributed by atoms with Crippen LogP contribution in [0.1, 0.15) is 23.6 Å². The van der Waals surface area contributed by atoms with Gasteiger partial charge in [0.2, 0.25) is 5.91 Å². The van der Waals surface area contributed by atoms with Gasteiger partial charge in [0.1, 0.15) is 12.1 Å². The maximum Gasteiger partial charge on any atom is 0.325 e. The number of nitrogens with one attached hydrogen (secondary N) is 2. The van der Waals surface area contributed by atoms with Gasteiger partial charge in [0.25, 0.3) is 5.91 Å². The third-order valence-corrected chi connectivity index (χ3v) is 4.54. The number of amides is 4. The third-order valence-electron chi connectivity index (χ3n) is 4.54. The van der Waals surface area contributed by atoms with E-state index in [4.69, 9.17) is 0 Å². The molecule has 0 spiro atoms. The molecule has 2 aromatic carbocycles. The summed E-state index contributed by atoms with van der Waals surface area (Å²) in [6.07, 6.45) is 0. The fourth-order valence-electron chi connectivity index (χ4n) is 2.92. The lowest BCUT2D eigenvalue weighted by Gasteiger charge is -2.22. The Morgan fingerprint density at radius 2 is 1.73 bits per heavy atom. The SMILES string of the molecule is Cc1ccc(C2(C)NC(=O)N(CC(=O)NCc3ccccc3)C2=O)cc1. The summed E-state index contributed by atoms with van der Waals surface area (Å²) >= 11 is 0. The molecule has 1 saturated heterocycles. The minimum atomic E-state index is -1.16. The minimum absolute atomic E-state index is 0.307. The molecule has 0 aromatic heterocycles. The van der Waals surface area contributed by atoms with E-state index in [9.17, 15) is 14.4 Å². The predicted octanol–water partition coefficient (Wildman–Crippen LogP) is 2.08. The van der Waals surface area contributed by atoms with Gasteiger partial charge in [0.05, 0.1) is 0 Å². The van der Waals surface area contributed by atoms with Crippen LogP contribution in [0.25, 0.3) is 0 Å². The van der Waals surface area contributed by atoms with Crippen molar-refractivity contribution in [2.24, 2.45) is 0 Å². The number of hydrogen-bond donors (Lipinski definition) is 2. The van der Waals surface area contributed by atoms with Crippen molar-refractivity contribution in [3.63, 3.8) is 0 Å². The molecule has 1 atom stereocenters. The number of hydrogen-bond acceptors (Lipinski definition) is 3. The van der Waals surface area contributed by atoms with Crippen LogP contribution in [0.15, 0.2) is 54.6 Å². The van der Waals surface area contributed by atoms with E-state index in [1.54, 1.807) is 6.92 Å². The molecule has 1 unspecified atom stereocenters. The van der Waals surface area contributed by atoms with Crippen molar-refractivity contribution in [3.05, 3.63) is 71.3 Å². The van der Waals surface area contributed by atoms with Crippen LogP contribution in [0.3, 0.4) is 0 Å². The summed E-state index contributed by atoms with van der Waals surface area (Å²) in [5.74, 6) is -0.813. The molecule has 1 aliphatic rings. The Balaban J connectivity index is 1.67. The second-order valence-corrected chi connectivity index (χ2v) is 6.57. The molecule has 1 heterocycles. The van der Waals surface area contributed by atoms with Crippen LogP contribution >= 0.6 is 0 Å². The highest BCUT2D eigenvalue weighted by molar-refractivity contribution is 6.09. The molecule has 26 heavy (non-hydrogen) atoms. The zero-order valence-electron chi connectivity index (χ0n) is 14.8. The molecule has 0 aliphatic carbocycles. The topological polar surface area (TPSA) is 78.5 Å². The van der Waals surface area contributed by atoms with Crippen LogP contribution < -0.4 is 10.6 Å². The average Bonchev–Trinajstić information content (AvgIpc) is 2.85. The van der Waals surface area contributed by atoms with Crippen molar-refractivity contribution in [1.29, 1.82) is 0 Å². The molecule has 0 radical (unpaired) electrons. The molecule has 4 amide bonds. The summed E-state index contributed by atoms with van der Waals surface area (Å²) in [7, 11) is 0. The molecule has 1 fully saturated rings. The van der Waals surface area contributed by atoms with E-state index >= 15 is 0 Å². The van der Waals surface area contributed by atoms with Crippen LogP contribution in [0.4, 0.5) is 4.79 Å². The van der Waals surface area contributed by atoms with Crippen molar-refractivity contribution >= 4 is 17.8 Å². The van der Waals surface area contributed by atoms with Crippen LogP contribution in [0.2, 0.25) is 0 Å². The second-order valence-electron chi connectivity index (χ2n) is 6.57. The first-order chi connectivity index (χ1) is 12.4. The number of aryl methyl sites for hydroxylation is 1. The Bertz CT molecular complexity index is 833. The highest BCUT2D eigenvalue weighted by Gasteiger charge is 2.49. The van der Waals surface area contributed by atoms with E-state index in [-0.39, 0.29) is 12.5 Å². The molecule has 3 rings (SSSR count). The standard InChI is InChI=1S/C20H21N3O3/c1-14-8-10-16(11-9-14)20(2)18(25)23(19(26)22-20)13-17(24)21-12-15-6-4-3-5-7-15/h3-11H,12-13H2,1-2H3,(H,21,24)(H,22,26). The first-order valence-corrected chi connectivity index (χ1v) is 8.42. The van der Waals surface area contributed by atoms with E-state index in [1.807, 2.05) is 61.5 Å². The van der Waals surface area contributed by atoms with Crippen molar-refractivity contribution in [2.75, 3.05) is 6.54 Å². The van der Waals surface area contributed by atoms with E-state index in [0.717, 1.165) is 16.0 Å². The maximum absolute atomic E-state index is 12.8. The first kappa shape index (κ1) is 17.7. The number of carbonyl (C=O) groups excluding carboxylic acids is 3. The summed E-state index contributed by atoms with van der Waals surface area (Å²) in [4.78, 5) is 38.2. The Morgan fingerprint density at radius 1 is 1.08 bits per heavy atom. The van der Waals surface area contributed by atoms with E-state index in [2.05, 4.69) is 10.6 Å². The maximum atomic E-state index is 12.8. The summed E-state index contributed by atoms with van der Waals surface area (Å²) in [5, 5.41) is 5.43. The van der Waals surface area contributed by atoms with Gasteiger partial charge in [-0.2, -0.15) is 0 Å². The number of rotatable bonds is 5. The smallest absolute Gasteiger partial charge is 0.325 e. The number of urea groups is 1. The Labute approximate surface area is 152 Å². The van der Waals surface area contributed by atoms with Crippen molar-refractivity contribution in [1.82, 2.24) is 15.5 Å². The molecule has 0 bridgehead atoms. The number of benzene rings is 2. The lowest BCUT2D eigenvalue weighted by atomic mass is 9.91. The molecular formula is C20H21N3O3. The van der Waals surface area contributed by atoms with Gasteiger partial charge in [-0.05, 0) is 25.0 Å². The number of imide groups is 1. The van der Waals surface area contributed by atoms with Gasteiger partial charge < -0.3 is 10.6 Å². The summed E-state index contributed by atoms with van der Waals surface area (Å²) in [6.45, 7) is 3.64. The summed E-state index contributed by atoms with van der Waals surface area (Å²) in [5.41, 5.74) is 1.53. The average molecular weight is 351 g/mol. The molecular weight excluding hydrogens is 330 g/mol. The van der Waals surface area contributed by atoms with Crippen molar-refractivity contribution in [2.45, 2.75) is 25.9 Å². The van der Waals surface area contributed by atoms with E-state index < -0.39 is 17.5 Å². The normalized spacial score (nSPS) is 19.4. The molecule has 2 aromatic rings.